The molecule has 1 amide bonds. The number of benzene rings is 2. The molecule has 0 aromatic heterocycles. The average molecular weight is 441 g/mol. The lowest BCUT2D eigenvalue weighted by Gasteiger charge is -2.41. The summed E-state index contributed by atoms with van der Waals surface area (Å²) in [4.78, 5) is 16.0. The molecule has 0 aliphatic rings. The Labute approximate surface area is 189 Å². The van der Waals surface area contributed by atoms with Crippen molar-refractivity contribution in [3.8, 4) is 11.5 Å². The van der Waals surface area contributed by atoms with E-state index in [1.165, 1.54) is 0 Å². The van der Waals surface area contributed by atoms with E-state index in [4.69, 9.17) is 14.2 Å². The molecule has 0 saturated carbocycles. The van der Waals surface area contributed by atoms with Gasteiger partial charge in [-0.15, -0.1) is 0 Å². The number of rotatable bonds is 8. The summed E-state index contributed by atoms with van der Waals surface area (Å²) in [5, 5.41) is 7.27. The van der Waals surface area contributed by atoms with Crippen molar-refractivity contribution >= 4 is 6.09 Å². The van der Waals surface area contributed by atoms with Gasteiger partial charge in [0.25, 0.3) is 0 Å². The van der Waals surface area contributed by atoms with Crippen LogP contribution in [0.5, 0.6) is 11.5 Å². The molecule has 2 aromatic carbocycles. The quantitative estimate of drug-likeness (QED) is 0.318. The summed E-state index contributed by atoms with van der Waals surface area (Å²) < 4.78 is 16.1. The molecule has 1 N–H and O–H groups in total. The summed E-state index contributed by atoms with van der Waals surface area (Å²) in [5.41, 5.74) is 9.13. The molecule has 0 fully saturated rings. The summed E-state index contributed by atoms with van der Waals surface area (Å²) in [6.45, 7) is 9.30. The third-order valence-electron chi connectivity index (χ3n) is 5.05. The molecular formula is C24H32N4O4. The van der Waals surface area contributed by atoms with Gasteiger partial charge in [-0.2, -0.15) is 0 Å². The molecule has 32 heavy (non-hydrogen) atoms. The van der Waals surface area contributed by atoms with E-state index in [1.54, 1.807) is 59.3 Å². The van der Waals surface area contributed by atoms with Crippen LogP contribution in [0.2, 0.25) is 0 Å². The molecule has 0 bridgehead atoms. The highest BCUT2D eigenvalue weighted by Crippen LogP contribution is 2.41. The molecular weight excluding hydrogens is 408 g/mol. The molecule has 0 aliphatic carbocycles. The van der Waals surface area contributed by atoms with Crippen molar-refractivity contribution in [3.05, 3.63) is 70.1 Å². The fraction of sp³-hybridized carbons (Fsp3) is 0.458. The van der Waals surface area contributed by atoms with E-state index in [1.807, 2.05) is 38.1 Å². The minimum absolute atomic E-state index is 0.114. The van der Waals surface area contributed by atoms with Gasteiger partial charge in [-0.1, -0.05) is 43.2 Å². The number of nitrogens with zero attached hydrogens (tertiary/aromatic N) is 3. The molecule has 2 rings (SSSR count). The fourth-order valence-electron chi connectivity index (χ4n) is 3.65. The third kappa shape index (κ3) is 5.65. The van der Waals surface area contributed by atoms with Gasteiger partial charge in [0.15, 0.2) is 0 Å². The normalized spacial score (nSPS) is 12.5. The number of amides is 1. The van der Waals surface area contributed by atoms with Crippen LogP contribution in [0.15, 0.2) is 53.6 Å². The van der Waals surface area contributed by atoms with E-state index < -0.39 is 23.3 Å². The van der Waals surface area contributed by atoms with Crippen molar-refractivity contribution in [2.24, 2.45) is 11.0 Å². The Morgan fingerprint density at radius 3 is 1.69 bits per heavy atom. The Morgan fingerprint density at radius 2 is 1.38 bits per heavy atom. The molecule has 0 radical (unpaired) electrons. The lowest BCUT2D eigenvalue weighted by Crippen LogP contribution is -2.54. The van der Waals surface area contributed by atoms with Gasteiger partial charge in [-0.05, 0) is 67.6 Å². The lowest BCUT2D eigenvalue weighted by molar-refractivity contribution is 0.0463. The van der Waals surface area contributed by atoms with Gasteiger partial charge in [0, 0.05) is 4.91 Å². The van der Waals surface area contributed by atoms with Crippen LogP contribution in [0.1, 0.15) is 45.7 Å². The standard InChI is InChI=1S/C24H32N4O4/c1-16(2)21(26-22(29)32-23(3,4)5)24(27-28-25,17-8-12-19(30-6)13-9-17)18-10-14-20(31-7)15-11-18/h8-16,21H,1-7H3,(H,26,29)/t21-/m0/s1. The van der Waals surface area contributed by atoms with Crippen molar-refractivity contribution in [1.29, 1.82) is 0 Å². The van der Waals surface area contributed by atoms with Crippen LogP contribution in [-0.4, -0.2) is 32.0 Å². The van der Waals surface area contributed by atoms with Crippen molar-refractivity contribution in [3.63, 3.8) is 0 Å². The number of hydrogen-bond donors (Lipinski definition) is 1. The molecule has 172 valence electrons. The van der Waals surface area contributed by atoms with E-state index >= 15 is 0 Å². The largest absolute Gasteiger partial charge is 0.497 e. The summed E-state index contributed by atoms with van der Waals surface area (Å²) in [5.74, 6) is 1.22. The number of carbonyl (C=O) groups is 1. The highest BCUT2D eigenvalue weighted by Gasteiger charge is 2.45. The topological polar surface area (TPSA) is 106 Å². The first kappa shape index (κ1) is 24.9. The van der Waals surface area contributed by atoms with E-state index in [0.717, 1.165) is 0 Å². The number of hydrogen-bond acceptors (Lipinski definition) is 5. The van der Waals surface area contributed by atoms with Crippen molar-refractivity contribution in [1.82, 2.24) is 5.32 Å². The second-order valence-electron chi connectivity index (χ2n) is 8.78. The Morgan fingerprint density at radius 1 is 0.938 bits per heavy atom. The zero-order valence-corrected chi connectivity index (χ0v) is 19.7. The number of carbonyl (C=O) groups excluding carboxylic acids is 1. The Kier molecular flexibility index (Phi) is 8.00. The number of azide groups is 1. The predicted octanol–water partition coefficient (Wildman–Crippen LogP) is 5.81. The highest BCUT2D eigenvalue weighted by molar-refractivity contribution is 5.69. The summed E-state index contributed by atoms with van der Waals surface area (Å²) in [6.07, 6.45) is -0.587. The Bertz CT molecular complexity index is 896. The molecule has 0 aliphatic heterocycles. The maximum Gasteiger partial charge on any atom is 0.407 e. The van der Waals surface area contributed by atoms with Crippen molar-refractivity contribution < 1.29 is 19.0 Å². The minimum Gasteiger partial charge on any atom is -0.497 e. The van der Waals surface area contributed by atoms with Gasteiger partial charge in [0.05, 0.1) is 20.3 Å². The van der Waals surface area contributed by atoms with Crippen molar-refractivity contribution in [2.45, 2.75) is 51.8 Å². The zero-order chi connectivity index (χ0) is 23.9. The number of methoxy groups -OCH3 is 2. The van der Waals surface area contributed by atoms with Gasteiger partial charge in [0.2, 0.25) is 0 Å². The third-order valence-corrected chi connectivity index (χ3v) is 5.05. The summed E-state index contributed by atoms with van der Waals surface area (Å²) in [7, 11) is 3.17. The van der Waals surface area contributed by atoms with Gasteiger partial charge in [0.1, 0.15) is 22.6 Å². The van der Waals surface area contributed by atoms with E-state index in [-0.39, 0.29) is 5.92 Å². The second kappa shape index (κ2) is 10.3. The molecule has 0 spiro atoms. The van der Waals surface area contributed by atoms with E-state index in [9.17, 15) is 10.3 Å². The smallest absolute Gasteiger partial charge is 0.407 e. The van der Waals surface area contributed by atoms with Gasteiger partial charge >= 0.3 is 6.09 Å². The van der Waals surface area contributed by atoms with E-state index in [2.05, 4.69) is 15.3 Å². The fourth-order valence-corrected chi connectivity index (χ4v) is 3.65. The summed E-state index contributed by atoms with van der Waals surface area (Å²) >= 11 is 0. The van der Waals surface area contributed by atoms with Crippen molar-refractivity contribution in [2.75, 3.05) is 14.2 Å². The van der Waals surface area contributed by atoms with Crippen LogP contribution in [0.3, 0.4) is 0 Å². The average Bonchev–Trinajstić information content (AvgIpc) is 2.75. The maximum atomic E-state index is 12.8. The van der Waals surface area contributed by atoms with Crippen LogP contribution in [0.25, 0.3) is 10.4 Å². The Balaban J connectivity index is 2.74. The number of ether oxygens (including phenoxy) is 3. The first-order valence-electron chi connectivity index (χ1n) is 10.4. The monoisotopic (exact) mass is 440 g/mol. The molecule has 0 saturated heterocycles. The first-order valence-corrected chi connectivity index (χ1v) is 10.4. The van der Waals surface area contributed by atoms with Gasteiger partial charge in [-0.3, -0.25) is 0 Å². The van der Waals surface area contributed by atoms with Crippen LogP contribution in [0, 0.1) is 5.92 Å². The lowest BCUT2D eigenvalue weighted by atomic mass is 9.73. The minimum atomic E-state index is -1.25. The molecule has 2 aromatic rings. The van der Waals surface area contributed by atoms with Crippen LogP contribution in [0.4, 0.5) is 4.79 Å². The SMILES string of the molecule is COc1ccc(C(N=[N+]=[N-])(c2ccc(OC)cc2)[C@@H](NC(=O)OC(C)(C)C)C(C)C)cc1. The predicted molar refractivity (Wildman–Crippen MR) is 124 cm³/mol. The summed E-state index contributed by atoms with van der Waals surface area (Å²) in [6, 6.07) is 13.9. The molecule has 0 heterocycles. The van der Waals surface area contributed by atoms with Crippen LogP contribution in [-0.2, 0) is 10.3 Å². The molecule has 0 unspecified atom stereocenters. The zero-order valence-electron chi connectivity index (χ0n) is 19.7. The molecule has 8 nitrogen and oxygen atoms in total. The highest BCUT2D eigenvalue weighted by atomic mass is 16.6. The molecule has 1 atom stereocenters. The van der Waals surface area contributed by atoms with Crippen LogP contribution < -0.4 is 14.8 Å². The van der Waals surface area contributed by atoms with E-state index in [0.29, 0.717) is 22.6 Å². The maximum absolute atomic E-state index is 12.8. The van der Waals surface area contributed by atoms with Gasteiger partial charge < -0.3 is 19.5 Å². The van der Waals surface area contributed by atoms with Crippen LogP contribution >= 0.6 is 0 Å². The number of alkyl carbamates (subject to hydrolysis) is 1. The Hall–Kier alpha value is -3.38. The second-order valence-corrected chi connectivity index (χ2v) is 8.78. The first-order chi connectivity index (χ1) is 15.1. The van der Waals surface area contributed by atoms with Gasteiger partial charge in [-0.25, -0.2) is 4.79 Å². The molecule has 8 heteroatoms. The number of nitrogens with one attached hydrogen (secondary N) is 1.